The third-order valence-corrected chi connectivity index (χ3v) is 5.01. The van der Waals surface area contributed by atoms with Gasteiger partial charge in [0, 0.05) is 5.75 Å². The van der Waals surface area contributed by atoms with Crippen molar-refractivity contribution < 1.29 is 0 Å². The lowest BCUT2D eigenvalue weighted by Crippen LogP contribution is -2.24. The van der Waals surface area contributed by atoms with Gasteiger partial charge in [-0.05, 0) is 36.3 Å². The molecule has 2 atom stereocenters. The molecule has 0 aromatic carbocycles. The van der Waals surface area contributed by atoms with Gasteiger partial charge in [-0.3, -0.25) is 0 Å². The van der Waals surface area contributed by atoms with Crippen molar-refractivity contribution in [3.63, 3.8) is 0 Å². The lowest BCUT2D eigenvalue weighted by atomic mass is 9.72. The van der Waals surface area contributed by atoms with Crippen LogP contribution in [0.5, 0.6) is 0 Å². The zero-order chi connectivity index (χ0) is 13.3. The van der Waals surface area contributed by atoms with E-state index >= 15 is 0 Å². The molecule has 0 aromatic heterocycles. The lowest BCUT2D eigenvalue weighted by molar-refractivity contribution is 0.304. The van der Waals surface area contributed by atoms with Gasteiger partial charge in [0.1, 0.15) is 0 Å². The van der Waals surface area contributed by atoms with Crippen LogP contribution in [0.1, 0.15) is 53.9 Å². The van der Waals surface area contributed by atoms with Gasteiger partial charge >= 0.3 is 0 Å². The molecule has 0 aliphatic carbocycles. The molecule has 0 amide bonds. The average Bonchev–Trinajstić information content (AvgIpc) is 2.35. The first-order valence-corrected chi connectivity index (χ1v) is 8.10. The summed E-state index contributed by atoms with van der Waals surface area (Å²) >= 11 is 2.02. The van der Waals surface area contributed by atoms with Crippen LogP contribution in [0.4, 0.5) is 0 Å². The number of hydrogen-bond acceptors (Lipinski definition) is 1. The van der Waals surface area contributed by atoms with E-state index in [9.17, 15) is 0 Å². The fourth-order valence-electron chi connectivity index (χ4n) is 1.89. The summed E-state index contributed by atoms with van der Waals surface area (Å²) in [5.74, 6) is 2.93. The van der Waals surface area contributed by atoms with Gasteiger partial charge in [0.15, 0.2) is 0 Å². The number of thioether (sulfide) groups is 1. The van der Waals surface area contributed by atoms with Crippen LogP contribution in [-0.4, -0.2) is 11.5 Å². The first-order valence-electron chi connectivity index (χ1n) is 6.94. The SMILES string of the molecule is C=C(CSCCC)C(C)C(C)(C=CCC)CC. The highest BCUT2D eigenvalue weighted by Crippen LogP contribution is 2.37. The molecule has 0 radical (unpaired) electrons. The molecule has 100 valence electrons. The van der Waals surface area contributed by atoms with Gasteiger partial charge < -0.3 is 0 Å². The highest BCUT2D eigenvalue weighted by molar-refractivity contribution is 7.99. The van der Waals surface area contributed by atoms with E-state index in [1.807, 2.05) is 11.8 Å². The molecule has 0 spiro atoms. The summed E-state index contributed by atoms with van der Waals surface area (Å²) < 4.78 is 0. The maximum atomic E-state index is 4.29. The summed E-state index contributed by atoms with van der Waals surface area (Å²) in [5, 5.41) is 0. The van der Waals surface area contributed by atoms with Crippen molar-refractivity contribution in [3.8, 4) is 0 Å². The minimum absolute atomic E-state index is 0.278. The Hall–Kier alpha value is -0.170. The van der Waals surface area contributed by atoms with Crippen molar-refractivity contribution in [1.29, 1.82) is 0 Å². The van der Waals surface area contributed by atoms with Crippen LogP contribution >= 0.6 is 11.8 Å². The molecule has 0 saturated carbocycles. The van der Waals surface area contributed by atoms with Crippen LogP contribution in [0.2, 0.25) is 0 Å². The van der Waals surface area contributed by atoms with Crippen molar-refractivity contribution >= 4 is 11.8 Å². The summed E-state index contributed by atoms with van der Waals surface area (Å²) in [6, 6.07) is 0. The first-order chi connectivity index (χ1) is 8.01. The Labute approximate surface area is 113 Å². The predicted molar refractivity (Wildman–Crippen MR) is 83.7 cm³/mol. The normalized spacial score (nSPS) is 17.0. The van der Waals surface area contributed by atoms with Crippen molar-refractivity contribution in [2.24, 2.45) is 11.3 Å². The molecule has 0 saturated heterocycles. The Morgan fingerprint density at radius 2 is 2.00 bits per heavy atom. The van der Waals surface area contributed by atoms with Gasteiger partial charge in [-0.15, -0.1) is 0 Å². The minimum atomic E-state index is 0.278. The Kier molecular flexibility index (Phi) is 8.77. The minimum Gasteiger partial charge on any atom is -0.158 e. The number of allylic oxidation sites excluding steroid dienone is 2. The van der Waals surface area contributed by atoms with Crippen LogP contribution in [0.3, 0.4) is 0 Å². The monoisotopic (exact) mass is 254 g/mol. The fraction of sp³-hybridized carbons (Fsp3) is 0.750. The van der Waals surface area contributed by atoms with Crippen molar-refractivity contribution in [1.82, 2.24) is 0 Å². The predicted octanol–water partition coefficient (Wildman–Crippen LogP) is 5.70. The van der Waals surface area contributed by atoms with E-state index in [1.165, 1.54) is 24.2 Å². The highest BCUT2D eigenvalue weighted by Gasteiger charge is 2.27. The molecule has 0 aliphatic heterocycles. The molecule has 0 rings (SSSR count). The maximum absolute atomic E-state index is 4.29. The second-order valence-electron chi connectivity index (χ2n) is 5.10. The van der Waals surface area contributed by atoms with Crippen molar-refractivity contribution in [3.05, 3.63) is 24.3 Å². The van der Waals surface area contributed by atoms with E-state index in [2.05, 4.69) is 53.3 Å². The zero-order valence-electron chi connectivity index (χ0n) is 12.4. The largest absolute Gasteiger partial charge is 0.158 e. The summed E-state index contributed by atoms with van der Waals surface area (Å²) in [5.41, 5.74) is 1.67. The Morgan fingerprint density at radius 3 is 2.47 bits per heavy atom. The number of hydrogen-bond donors (Lipinski definition) is 0. The molecular weight excluding hydrogens is 224 g/mol. The molecule has 17 heavy (non-hydrogen) atoms. The molecule has 0 bridgehead atoms. The molecule has 0 aliphatic rings. The smallest absolute Gasteiger partial charge is 0.0143 e. The highest BCUT2D eigenvalue weighted by atomic mass is 32.2. The van der Waals surface area contributed by atoms with Crippen molar-refractivity contribution in [2.45, 2.75) is 53.9 Å². The van der Waals surface area contributed by atoms with Crippen LogP contribution < -0.4 is 0 Å². The molecule has 0 nitrogen and oxygen atoms in total. The third-order valence-electron chi connectivity index (χ3n) is 3.73. The quantitative estimate of drug-likeness (QED) is 0.375. The van der Waals surface area contributed by atoms with Gasteiger partial charge in [0.05, 0.1) is 0 Å². The fourth-order valence-corrected chi connectivity index (χ4v) is 2.84. The van der Waals surface area contributed by atoms with E-state index in [-0.39, 0.29) is 5.41 Å². The molecule has 0 heterocycles. The molecule has 1 heteroatoms. The molecule has 2 unspecified atom stereocenters. The topological polar surface area (TPSA) is 0 Å². The van der Waals surface area contributed by atoms with Gasteiger partial charge in [0.25, 0.3) is 0 Å². The first kappa shape index (κ1) is 16.8. The van der Waals surface area contributed by atoms with Gasteiger partial charge in [0.2, 0.25) is 0 Å². The Morgan fingerprint density at radius 1 is 1.35 bits per heavy atom. The summed E-state index contributed by atoms with van der Waals surface area (Å²) in [7, 11) is 0. The number of rotatable bonds is 9. The zero-order valence-corrected chi connectivity index (χ0v) is 13.2. The van der Waals surface area contributed by atoms with E-state index in [4.69, 9.17) is 0 Å². The van der Waals surface area contributed by atoms with Crippen molar-refractivity contribution in [2.75, 3.05) is 11.5 Å². The molecule has 0 N–H and O–H groups in total. The third kappa shape index (κ3) is 5.81. The maximum Gasteiger partial charge on any atom is 0.0143 e. The molecular formula is C16H30S. The van der Waals surface area contributed by atoms with E-state index in [0.717, 1.165) is 12.2 Å². The van der Waals surface area contributed by atoms with Crippen LogP contribution in [-0.2, 0) is 0 Å². The van der Waals surface area contributed by atoms with Crippen LogP contribution in [0.25, 0.3) is 0 Å². The van der Waals surface area contributed by atoms with E-state index in [1.54, 1.807) is 0 Å². The molecule has 0 fully saturated rings. The Balaban J connectivity index is 4.46. The second kappa shape index (κ2) is 8.85. The van der Waals surface area contributed by atoms with Gasteiger partial charge in [-0.25, -0.2) is 0 Å². The average molecular weight is 254 g/mol. The van der Waals surface area contributed by atoms with Gasteiger partial charge in [-0.2, -0.15) is 11.8 Å². The summed E-state index contributed by atoms with van der Waals surface area (Å²) in [6.07, 6.45) is 8.26. The molecule has 0 aromatic rings. The van der Waals surface area contributed by atoms with E-state index < -0.39 is 0 Å². The second-order valence-corrected chi connectivity index (χ2v) is 6.21. The van der Waals surface area contributed by atoms with Crippen LogP contribution in [0, 0.1) is 11.3 Å². The Bertz CT molecular complexity index is 242. The van der Waals surface area contributed by atoms with Crippen LogP contribution in [0.15, 0.2) is 24.3 Å². The lowest BCUT2D eigenvalue weighted by Gasteiger charge is -2.33. The summed E-state index contributed by atoms with van der Waals surface area (Å²) in [6.45, 7) is 15.7. The standard InChI is InChI=1S/C16H30S/c1-7-10-11-16(6,9-3)15(5)14(4)13-17-12-8-2/h10-11,15H,4,7-9,12-13H2,1-3,5-6H3. The summed E-state index contributed by atoms with van der Waals surface area (Å²) in [4.78, 5) is 0. The van der Waals surface area contributed by atoms with Gasteiger partial charge in [-0.1, -0.05) is 58.9 Å². The van der Waals surface area contributed by atoms with E-state index in [0.29, 0.717) is 5.92 Å².